The molecule has 1 saturated carbocycles. The highest BCUT2D eigenvalue weighted by Crippen LogP contribution is 2.36. The first-order valence-corrected chi connectivity index (χ1v) is 6.11. The van der Waals surface area contributed by atoms with Crippen LogP contribution in [0.2, 0.25) is 0 Å². The molecule has 2 heteroatoms. The van der Waals surface area contributed by atoms with E-state index in [-0.39, 0.29) is 0 Å². The van der Waals surface area contributed by atoms with Gasteiger partial charge in [0, 0.05) is 6.04 Å². The van der Waals surface area contributed by atoms with Gasteiger partial charge < -0.3 is 10.4 Å². The molecule has 1 aromatic carbocycles. The van der Waals surface area contributed by atoms with E-state index in [9.17, 15) is 5.11 Å². The summed E-state index contributed by atoms with van der Waals surface area (Å²) in [6.45, 7) is 2.08. The van der Waals surface area contributed by atoms with Crippen LogP contribution in [0.25, 0.3) is 0 Å². The molecule has 1 fully saturated rings. The summed E-state index contributed by atoms with van der Waals surface area (Å²) >= 11 is 0. The quantitative estimate of drug-likeness (QED) is 0.800. The molecule has 0 atom stereocenters. The lowest BCUT2D eigenvalue weighted by Gasteiger charge is -2.36. The SMILES string of the molecule is CNC1CCC(O)(c2ccc(C)cc2)CC1. The number of aryl methyl sites for hydroxylation is 1. The van der Waals surface area contributed by atoms with Crippen molar-refractivity contribution < 1.29 is 5.11 Å². The normalized spacial score (nSPS) is 30.3. The second-order valence-corrected chi connectivity index (χ2v) is 4.96. The van der Waals surface area contributed by atoms with Crippen LogP contribution < -0.4 is 5.32 Å². The summed E-state index contributed by atoms with van der Waals surface area (Å²) in [6, 6.07) is 8.87. The maximum absolute atomic E-state index is 10.6. The molecule has 0 aromatic heterocycles. The largest absolute Gasteiger partial charge is 0.385 e. The maximum atomic E-state index is 10.6. The summed E-state index contributed by atoms with van der Waals surface area (Å²) in [4.78, 5) is 0. The Bertz CT molecular complexity index is 336. The van der Waals surface area contributed by atoms with Crippen LogP contribution in [-0.2, 0) is 5.60 Å². The molecule has 0 amide bonds. The van der Waals surface area contributed by atoms with Crippen molar-refractivity contribution in [3.8, 4) is 0 Å². The lowest BCUT2D eigenvalue weighted by atomic mass is 9.77. The van der Waals surface area contributed by atoms with E-state index in [1.54, 1.807) is 0 Å². The Morgan fingerprint density at radius 1 is 1.19 bits per heavy atom. The van der Waals surface area contributed by atoms with E-state index < -0.39 is 5.60 Å². The van der Waals surface area contributed by atoms with Crippen molar-refractivity contribution in [2.24, 2.45) is 0 Å². The van der Waals surface area contributed by atoms with Crippen molar-refractivity contribution in [1.29, 1.82) is 0 Å². The van der Waals surface area contributed by atoms with E-state index in [2.05, 4.69) is 36.5 Å². The predicted molar refractivity (Wildman–Crippen MR) is 66.4 cm³/mol. The number of aliphatic hydroxyl groups is 1. The topological polar surface area (TPSA) is 32.3 Å². The van der Waals surface area contributed by atoms with E-state index in [4.69, 9.17) is 0 Å². The molecule has 0 saturated heterocycles. The van der Waals surface area contributed by atoms with Gasteiger partial charge in [-0.25, -0.2) is 0 Å². The third kappa shape index (κ3) is 2.28. The third-order valence-corrected chi connectivity index (χ3v) is 3.81. The van der Waals surface area contributed by atoms with Crippen LogP contribution in [0, 0.1) is 6.92 Å². The Balaban J connectivity index is 2.11. The smallest absolute Gasteiger partial charge is 0.0897 e. The molecular weight excluding hydrogens is 198 g/mol. The van der Waals surface area contributed by atoms with Gasteiger partial charge in [0.05, 0.1) is 5.60 Å². The fraction of sp³-hybridized carbons (Fsp3) is 0.571. The lowest BCUT2D eigenvalue weighted by molar-refractivity contribution is -0.00763. The summed E-state index contributed by atoms with van der Waals surface area (Å²) < 4.78 is 0. The first-order chi connectivity index (χ1) is 7.64. The third-order valence-electron chi connectivity index (χ3n) is 3.81. The Kier molecular flexibility index (Phi) is 3.31. The molecule has 16 heavy (non-hydrogen) atoms. The van der Waals surface area contributed by atoms with Gasteiger partial charge >= 0.3 is 0 Å². The first-order valence-electron chi connectivity index (χ1n) is 6.11. The predicted octanol–water partition coefficient (Wildman–Crippen LogP) is 2.34. The van der Waals surface area contributed by atoms with Gasteiger partial charge in [0.1, 0.15) is 0 Å². The van der Waals surface area contributed by atoms with Crippen molar-refractivity contribution in [2.45, 2.75) is 44.2 Å². The zero-order chi connectivity index (χ0) is 11.6. The van der Waals surface area contributed by atoms with Crippen molar-refractivity contribution >= 4 is 0 Å². The Morgan fingerprint density at radius 2 is 1.75 bits per heavy atom. The highest BCUT2D eigenvalue weighted by Gasteiger charge is 2.33. The van der Waals surface area contributed by atoms with Gasteiger partial charge in [-0.1, -0.05) is 29.8 Å². The molecule has 0 radical (unpaired) electrons. The average Bonchev–Trinajstić information content (AvgIpc) is 2.31. The van der Waals surface area contributed by atoms with Crippen LogP contribution in [0.5, 0.6) is 0 Å². The van der Waals surface area contributed by atoms with E-state index in [0.717, 1.165) is 31.2 Å². The lowest BCUT2D eigenvalue weighted by Crippen LogP contribution is -2.38. The van der Waals surface area contributed by atoms with Crippen molar-refractivity contribution in [2.75, 3.05) is 7.05 Å². The first kappa shape index (κ1) is 11.6. The fourth-order valence-corrected chi connectivity index (χ4v) is 2.54. The number of benzene rings is 1. The molecular formula is C14H21NO. The van der Waals surface area contributed by atoms with E-state index in [0.29, 0.717) is 6.04 Å². The molecule has 0 unspecified atom stereocenters. The van der Waals surface area contributed by atoms with Gasteiger partial charge in [0.25, 0.3) is 0 Å². The molecule has 88 valence electrons. The standard InChI is InChI=1S/C14H21NO/c1-11-3-5-12(6-4-11)14(16)9-7-13(15-2)8-10-14/h3-6,13,15-16H,7-10H2,1-2H3. The molecule has 2 N–H and O–H groups in total. The van der Waals surface area contributed by atoms with Crippen molar-refractivity contribution in [3.05, 3.63) is 35.4 Å². The molecule has 0 bridgehead atoms. The van der Waals surface area contributed by atoms with E-state index >= 15 is 0 Å². The zero-order valence-electron chi connectivity index (χ0n) is 10.2. The number of nitrogens with one attached hydrogen (secondary N) is 1. The fourth-order valence-electron chi connectivity index (χ4n) is 2.54. The van der Waals surface area contributed by atoms with Crippen LogP contribution in [0.15, 0.2) is 24.3 Å². The van der Waals surface area contributed by atoms with Crippen molar-refractivity contribution in [1.82, 2.24) is 5.32 Å². The molecule has 1 aliphatic carbocycles. The van der Waals surface area contributed by atoms with Crippen molar-refractivity contribution in [3.63, 3.8) is 0 Å². The summed E-state index contributed by atoms with van der Waals surface area (Å²) in [7, 11) is 2.00. The second kappa shape index (κ2) is 4.56. The van der Waals surface area contributed by atoms with Crippen LogP contribution in [-0.4, -0.2) is 18.2 Å². The highest BCUT2D eigenvalue weighted by molar-refractivity contribution is 5.27. The van der Waals surface area contributed by atoms with Gasteiger partial charge in [0.15, 0.2) is 0 Å². The molecule has 0 heterocycles. The van der Waals surface area contributed by atoms with Gasteiger partial charge in [-0.3, -0.25) is 0 Å². The molecule has 2 nitrogen and oxygen atoms in total. The minimum absolute atomic E-state index is 0.575. The Labute approximate surface area is 97.7 Å². The average molecular weight is 219 g/mol. The van der Waals surface area contributed by atoms with Gasteiger partial charge in [-0.2, -0.15) is 0 Å². The summed E-state index contributed by atoms with van der Waals surface area (Å²) in [6.07, 6.45) is 3.84. The number of hydrogen-bond donors (Lipinski definition) is 2. The maximum Gasteiger partial charge on any atom is 0.0897 e. The molecule has 1 aliphatic rings. The second-order valence-electron chi connectivity index (χ2n) is 4.96. The summed E-state index contributed by atoms with van der Waals surface area (Å²) in [5.74, 6) is 0. The highest BCUT2D eigenvalue weighted by atomic mass is 16.3. The summed E-state index contributed by atoms with van der Waals surface area (Å²) in [5.41, 5.74) is 1.73. The molecule has 0 spiro atoms. The molecule has 1 aromatic rings. The van der Waals surface area contributed by atoms with Crippen LogP contribution >= 0.6 is 0 Å². The molecule has 2 rings (SSSR count). The number of rotatable bonds is 2. The molecule has 0 aliphatic heterocycles. The number of hydrogen-bond acceptors (Lipinski definition) is 2. The zero-order valence-corrected chi connectivity index (χ0v) is 10.2. The Hall–Kier alpha value is -0.860. The van der Waals surface area contributed by atoms with Crippen LogP contribution in [0.3, 0.4) is 0 Å². The van der Waals surface area contributed by atoms with Gasteiger partial charge in [0.2, 0.25) is 0 Å². The van der Waals surface area contributed by atoms with E-state index in [1.165, 1.54) is 5.56 Å². The monoisotopic (exact) mass is 219 g/mol. The minimum Gasteiger partial charge on any atom is -0.385 e. The minimum atomic E-state index is -0.596. The van der Waals surface area contributed by atoms with Crippen LogP contribution in [0.1, 0.15) is 36.8 Å². The summed E-state index contributed by atoms with van der Waals surface area (Å²) in [5, 5.41) is 13.9. The van der Waals surface area contributed by atoms with E-state index in [1.807, 2.05) is 7.05 Å². The van der Waals surface area contributed by atoms with Crippen LogP contribution in [0.4, 0.5) is 0 Å². The van der Waals surface area contributed by atoms with Gasteiger partial charge in [-0.15, -0.1) is 0 Å². The van der Waals surface area contributed by atoms with Gasteiger partial charge in [-0.05, 0) is 45.2 Å². The Morgan fingerprint density at radius 3 is 2.25 bits per heavy atom.